The highest BCUT2D eigenvalue weighted by atomic mass is 79.9. The number of phenols is 1. The Balaban J connectivity index is 0.000000215. The molecule has 278 valence electrons. The summed E-state index contributed by atoms with van der Waals surface area (Å²) < 4.78 is 60.8. The highest BCUT2D eigenvalue weighted by Gasteiger charge is 2.29. The maximum atomic E-state index is 14.2. The van der Waals surface area contributed by atoms with Crippen LogP contribution in [0.1, 0.15) is 61.0 Å². The number of methoxy groups -OCH3 is 1. The lowest BCUT2D eigenvalue weighted by molar-refractivity contribution is -0.131. The Morgan fingerprint density at radius 3 is 1.55 bits per heavy atom. The zero-order chi connectivity index (χ0) is 38.8. The van der Waals surface area contributed by atoms with Gasteiger partial charge in [-0.25, -0.2) is 17.6 Å². The van der Waals surface area contributed by atoms with Crippen molar-refractivity contribution < 1.29 is 37.0 Å². The summed E-state index contributed by atoms with van der Waals surface area (Å²) in [6.07, 6.45) is 4.50. The van der Waals surface area contributed by atoms with Crippen LogP contribution in [0.25, 0.3) is 11.1 Å². The van der Waals surface area contributed by atoms with Gasteiger partial charge in [0.1, 0.15) is 34.8 Å². The number of carbonyl (C=O) groups is 2. The van der Waals surface area contributed by atoms with Gasteiger partial charge in [0.2, 0.25) is 11.8 Å². The van der Waals surface area contributed by atoms with E-state index in [2.05, 4.69) is 47.3 Å². The number of halogens is 7. The zero-order valence-corrected chi connectivity index (χ0v) is 33.8. The molecular weight excluding hydrogens is 887 g/mol. The average molecular weight is 923 g/mol. The first kappa shape index (κ1) is 41.9. The summed E-state index contributed by atoms with van der Waals surface area (Å²) in [5.74, 6) is -1.35. The molecule has 0 saturated carbocycles. The van der Waals surface area contributed by atoms with Gasteiger partial charge in [-0.2, -0.15) is 0 Å². The van der Waals surface area contributed by atoms with E-state index in [1.54, 1.807) is 47.3 Å². The summed E-state index contributed by atoms with van der Waals surface area (Å²) in [7, 11) is 1.58. The van der Waals surface area contributed by atoms with E-state index >= 15 is 0 Å². The maximum absolute atomic E-state index is 14.2. The molecule has 4 aromatic carbocycles. The van der Waals surface area contributed by atoms with Crippen LogP contribution in [0.15, 0.2) is 97.1 Å². The van der Waals surface area contributed by atoms with Crippen LogP contribution < -0.4 is 4.74 Å². The molecule has 0 spiro atoms. The molecule has 0 radical (unpaired) electrons. The highest BCUT2D eigenvalue weighted by Crippen LogP contribution is 2.37. The van der Waals surface area contributed by atoms with Crippen molar-refractivity contribution in [2.24, 2.45) is 0 Å². The van der Waals surface area contributed by atoms with Gasteiger partial charge in [0.15, 0.2) is 0 Å². The van der Waals surface area contributed by atoms with Crippen LogP contribution in [0.4, 0.5) is 17.6 Å². The van der Waals surface area contributed by atoms with Crippen molar-refractivity contribution in [1.29, 1.82) is 0 Å². The van der Waals surface area contributed by atoms with Gasteiger partial charge in [-0.15, -0.1) is 47.3 Å². The minimum Gasteiger partial charge on any atom is -0.508 e. The van der Waals surface area contributed by atoms with Gasteiger partial charge in [-0.05, 0) is 95.8 Å². The van der Waals surface area contributed by atoms with Crippen molar-refractivity contribution in [2.75, 3.05) is 20.2 Å². The molecule has 0 aliphatic carbocycles. The van der Waals surface area contributed by atoms with Gasteiger partial charge >= 0.3 is 3.18 Å². The second-order valence-electron chi connectivity index (χ2n) is 12.1. The summed E-state index contributed by atoms with van der Waals surface area (Å²) in [5.41, 5.74) is 3.39. The molecule has 1 N–H and O–H groups in total. The first-order chi connectivity index (χ1) is 25.2. The number of benzene rings is 4. The SMILES string of the molecule is BrB(Br)Br.CC(=O)N1CCC(c2cc(F)ccc2F)=CC1c1cccc(O)c1.COc1cccc(C2C=C(c3cc(F)ccc3F)CCN2C(C)=O)c1. The van der Waals surface area contributed by atoms with E-state index in [9.17, 15) is 32.3 Å². The molecule has 14 heteroatoms. The smallest absolute Gasteiger partial charge is 0.369 e. The van der Waals surface area contributed by atoms with Gasteiger partial charge < -0.3 is 19.6 Å². The van der Waals surface area contributed by atoms with Crippen LogP contribution >= 0.6 is 47.3 Å². The topological polar surface area (TPSA) is 70.1 Å². The molecule has 0 aromatic heterocycles. The molecule has 2 aliphatic rings. The van der Waals surface area contributed by atoms with E-state index in [4.69, 9.17) is 4.74 Å². The zero-order valence-electron chi connectivity index (χ0n) is 29.0. The Morgan fingerprint density at radius 2 is 1.13 bits per heavy atom. The minimum atomic E-state index is -0.504. The molecule has 2 amide bonds. The summed E-state index contributed by atoms with van der Waals surface area (Å²) in [6.45, 7) is 3.82. The maximum Gasteiger partial charge on any atom is 0.369 e. The number of hydrogen-bond acceptors (Lipinski definition) is 4. The van der Waals surface area contributed by atoms with Crippen LogP contribution in [0.5, 0.6) is 11.5 Å². The number of hydrogen-bond donors (Lipinski definition) is 1. The Hall–Kier alpha value is -3.88. The van der Waals surface area contributed by atoms with E-state index < -0.39 is 29.3 Å². The lowest BCUT2D eigenvalue weighted by atomic mass is 9.92. The molecule has 53 heavy (non-hydrogen) atoms. The minimum absolute atomic E-state index is 0.0668. The second kappa shape index (κ2) is 19.5. The van der Waals surface area contributed by atoms with Gasteiger partial charge in [0, 0.05) is 38.1 Å². The van der Waals surface area contributed by atoms with E-state index in [0.29, 0.717) is 42.8 Å². The highest BCUT2D eigenvalue weighted by molar-refractivity contribution is 9.69. The first-order valence-electron chi connectivity index (χ1n) is 16.4. The van der Waals surface area contributed by atoms with E-state index in [-0.39, 0.29) is 37.9 Å². The Labute approximate surface area is 331 Å². The molecule has 4 aromatic rings. The number of rotatable bonds is 5. The number of phenolic OH excluding ortho intramolecular Hbond substituents is 1. The molecular formula is C39H36BBr3F4N2O4. The molecule has 2 heterocycles. The predicted octanol–water partition coefficient (Wildman–Crippen LogP) is 10.6. The van der Waals surface area contributed by atoms with Crippen molar-refractivity contribution in [3.8, 4) is 11.5 Å². The van der Waals surface area contributed by atoms with Crippen LogP contribution in [0.3, 0.4) is 0 Å². The van der Waals surface area contributed by atoms with Gasteiger partial charge in [-0.1, -0.05) is 36.4 Å². The number of amides is 2. The van der Waals surface area contributed by atoms with Gasteiger partial charge in [0.05, 0.1) is 19.2 Å². The predicted molar refractivity (Wildman–Crippen MR) is 212 cm³/mol. The van der Waals surface area contributed by atoms with E-state index in [1.165, 1.54) is 26.0 Å². The third-order valence-corrected chi connectivity index (χ3v) is 8.64. The second-order valence-corrected chi connectivity index (χ2v) is 18.5. The monoisotopic (exact) mass is 920 g/mol. The molecule has 2 atom stereocenters. The third kappa shape index (κ3) is 11.6. The van der Waals surface area contributed by atoms with E-state index in [1.807, 2.05) is 30.3 Å². The fourth-order valence-corrected chi connectivity index (χ4v) is 6.22. The molecule has 2 aliphatic heterocycles. The van der Waals surface area contributed by atoms with Crippen molar-refractivity contribution in [2.45, 2.75) is 38.8 Å². The lowest BCUT2D eigenvalue weighted by Crippen LogP contribution is -2.35. The third-order valence-electron chi connectivity index (χ3n) is 8.64. The quantitative estimate of drug-likeness (QED) is 0.160. The number of nitrogens with zero attached hydrogens (tertiary/aromatic N) is 2. The Morgan fingerprint density at radius 1 is 0.698 bits per heavy atom. The molecule has 0 saturated heterocycles. The lowest BCUT2D eigenvalue weighted by Gasteiger charge is -2.34. The van der Waals surface area contributed by atoms with Gasteiger partial charge in [0.25, 0.3) is 0 Å². The average Bonchev–Trinajstić information content (AvgIpc) is 3.13. The molecule has 0 fully saturated rings. The number of ether oxygens (including phenoxy) is 1. The van der Waals surface area contributed by atoms with Crippen LogP contribution in [0, 0.1) is 23.3 Å². The fourth-order valence-electron chi connectivity index (χ4n) is 6.22. The standard InChI is InChI=1S/C20H19F2NO2.C19H17F2NO2.BBr3/c1-13(24)23-9-8-14(18-12-16(21)6-7-19(18)22)11-20(23)15-4-3-5-17(10-15)25-2;1-12(23)22-8-7-13(17-11-15(20)5-6-18(17)21)10-19(22)14-3-2-4-16(24)9-14;2-1(3)4/h3-7,10-12,20H,8-9H2,1-2H3;2-6,9-11,19,24H,7-8H2,1H3;. The van der Waals surface area contributed by atoms with Crippen LogP contribution in [-0.4, -0.2) is 50.1 Å². The molecule has 2 unspecified atom stereocenters. The molecule has 0 bridgehead atoms. The molecule has 6 rings (SSSR count). The van der Waals surface area contributed by atoms with Crippen LogP contribution in [-0.2, 0) is 9.59 Å². The Bertz CT molecular complexity index is 2000. The fraction of sp³-hybridized carbons (Fsp3) is 0.231. The number of carbonyl (C=O) groups excluding carboxylic acids is 2. The summed E-state index contributed by atoms with van der Waals surface area (Å²) in [4.78, 5) is 27.3. The van der Waals surface area contributed by atoms with Crippen molar-refractivity contribution in [3.63, 3.8) is 0 Å². The van der Waals surface area contributed by atoms with Crippen LogP contribution in [0.2, 0.25) is 0 Å². The normalized spacial score (nSPS) is 16.6. The van der Waals surface area contributed by atoms with E-state index in [0.717, 1.165) is 35.4 Å². The summed E-state index contributed by atoms with van der Waals surface area (Å²) in [5, 5.41) is 9.70. The van der Waals surface area contributed by atoms with Crippen molar-refractivity contribution in [3.05, 3.63) is 143 Å². The first-order valence-corrected chi connectivity index (χ1v) is 19.1. The summed E-state index contributed by atoms with van der Waals surface area (Å²) >= 11 is 9.31. The largest absolute Gasteiger partial charge is 0.508 e. The van der Waals surface area contributed by atoms with Crippen molar-refractivity contribution in [1.82, 2.24) is 9.80 Å². The van der Waals surface area contributed by atoms with Crippen molar-refractivity contribution >= 4 is 73.4 Å². The van der Waals surface area contributed by atoms with Gasteiger partial charge in [-0.3, -0.25) is 9.59 Å². The number of aromatic hydroxyl groups is 1. The Kier molecular flexibility index (Phi) is 15.4. The summed E-state index contributed by atoms with van der Waals surface area (Å²) in [6, 6.07) is 20.0. The molecule has 6 nitrogen and oxygen atoms in total.